The highest BCUT2D eigenvalue weighted by atomic mass is 32.2. The molecule has 0 aliphatic rings. The van der Waals surface area contributed by atoms with Crippen LogP contribution in [0.15, 0.2) is 37.0 Å². The maximum absolute atomic E-state index is 13.0. The van der Waals surface area contributed by atoms with Crippen molar-refractivity contribution < 1.29 is 22.8 Å². The van der Waals surface area contributed by atoms with E-state index in [4.69, 9.17) is 11.5 Å². The van der Waals surface area contributed by atoms with E-state index in [2.05, 4.69) is 22.5 Å². The molecule has 0 aliphatic heterocycles. The summed E-state index contributed by atoms with van der Waals surface area (Å²) in [6, 6.07) is -1.45. The molecule has 0 radical (unpaired) electrons. The Hall–Kier alpha value is -2.54. The van der Waals surface area contributed by atoms with Gasteiger partial charge in [0.25, 0.3) is 0 Å². The lowest BCUT2D eigenvalue weighted by Gasteiger charge is -2.28. The fourth-order valence-corrected chi connectivity index (χ4v) is 4.28. The highest BCUT2D eigenvalue weighted by Gasteiger charge is 2.29. The number of nitrogens with two attached hydrogens (primary N) is 2. The van der Waals surface area contributed by atoms with Crippen molar-refractivity contribution in [3.05, 3.63) is 37.0 Å². The summed E-state index contributed by atoms with van der Waals surface area (Å²) in [5.41, 5.74) is 11.0. The fourth-order valence-electron chi connectivity index (χ4n) is 3.00. The number of carbonyl (C=O) groups excluding carboxylic acids is 3. The van der Waals surface area contributed by atoms with Gasteiger partial charge in [0.15, 0.2) is 0 Å². The van der Waals surface area contributed by atoms with Crippen LogP contribution in [0.2, 0.25) is 0 Å². The zero-order chi connectivity index (χ0) is 26.0. The summed E-state index contributed by atoms with van der Waals surface area (Å²) >= 11 is 0. The average Bonchev–Trinajstić information content (AvgIpc) is 2.77. The number of nitrogens with one attached hydrogen (secondary N) is 3. The lowest BCUT2D eigenvalue weighted by Crippen LogP contribution is -2.53. The first-order valence-corrected chi connectivity index (χ1v) is 12.8. The van der Waals surface area contributed by atoms with Crippen LogP contribution >= 0.6 is 0 Å². The maximum atomic E-state index is 13.0. The van der Waals surface area contributed by atoms with Crippen LogP contribution in [0.5, 0.6) is 0 Å². The second kappa shape index (κ2) is 17.9. The monoisotopic (exact) mass is 500 g/mol. The molecule has 34 heavy (non-hydrogen) atoms. The molecule has 0 aliphatic carbocycles. The third-order valence-corrected chi connectivity index (χ3v) is 6.52. The van der Waals surface area contributed by atoms with Gasteiger partial charge in [0.1, 0.15) is 6.04 Å². The number of nitrogens with zero attached hydrogens (tertiary/aromatic N) is 1. The summed E-state index contributed by atoms with van der Waals surface area (Å²) in [6.45, 7) is 4.72. The molecule has 0 saturated heterocycles. The van der Waals surface area contributed by atoms with E-state index in [1.165, 1.54) is 14.0 Å². The number of likely N-dealkylation sites (N-methyl/N-ethyl adjacent to an activating group) is 1. The van der Waals surface area contributed by atoms with Crippen molar-refractivity contribution in [1.82, 2.24) is 20.3 Å². The van der Waals surface area contributed by atoms with Crippen molar-refractivity contribution in [1.29, 1.82) is 0 Å². The van der Waals surface area contributed by atoms with Crippen molar-refractivity contribution in [3.8, 4) is 0 Å². The third kappa shape index (κ3) is 13.9. The number of unbranched alkanes of at least 4 members (excludes halogenated alkanes) is 1. The number of hydrogen-bond donors (Lipinski definition) is 5. The minimum Gasteiger partial charge on any atom is -0.358 e. The molecule has 0 aromatic heterocycles. The Morgan fingerprint density at radius 2 is 1.76 bits per heavy atom. The van der Waals surface area contributed by atoms with E-state index < -0.39 is 40.5 Å². The predicted octanol–water partition coefficient (Wildman–Crippen LogP) is -0.870. The highest BCUT2D eigenvalue weighted by molar-refractivity contribution is 7.89. The van der Waals surface area contributed by atoms with E-state index in [9.17, 15) is 22.8 Å². The SMILES string of the molecule is C=C/C=C\C=C/C[C@H](NC(C)=O)C(=O)N[C@@H](CCCCN)CN(CC(=O)NC)S(=O)(=O)CCN. The molecule has 0 spiro atoms. The lowest BCUT2D eigenvalue weighted by molar-refractivity contribution is -0.128. The molecule has 3 amide bonds. The molecule has 0 bridgehead atoms. The van der Waals surface area contributed by atoms with Gasteiger partial charge in [0, 0.05) is 33.1 Å². The predicted molar refractivity (Wildman–Crippen MR) is 134 cm³/mol. The standard InChI is InChI=1S/C22H40N6O5S/c1-4-5-6-7-8-12-20(26-18(2)29)22(31)27-19(11-9-10-13-23)16-28(17-21(30)25-3)34(32,33)15-14-24/h4-8,19-20H,1,9-17,23-24H2,2-3H3,(H,25,30)(H,26,29)(H,27,31)/b6-5-,8-7-/t19-,20-/m0/s1. The number of sulfonamides is 1. The topological polar surface area (TPSA) is 177 Å². The smallest absolute Gasteiger partial charge is 0.243 e. The van der Waals surface area contributed by atoms with E-state index in [1.807, 2.05) is 0 Å². The molecule has 194 valence electrons. The molecule has 0 aromatic rings. The molecule has 0 heterocycles. The largest absolute Gasteiger partial charge is 0.358 e. The van der Waals surface area contributed by atoms with Gasteiger partial charge in [-0.15, -0.1) is 0 Å². The van der Waals surface area contributed by atoms with Crippen LogP contribution in [0, 0.1) is 0 Å². The molecule has 2 atom stereocenters. The van der Waals surface area contributed by atoms with E-state index in [-0.39, 0.29) is 31.2 Å². The quantitative estimate of drug-likeness (QED) is 0.120. The summed E-state index contributed by atoms with van der Waals surface area (Å²) in [7, 11) is -2.42. The van der Waals surface area contributed by atoms with Crippen LogP contribution in [0.4, 0.5) is 0 Å². The fraction of sp³-hybridized carbons (Fsp3) is 0.591. The van der Waals surface area contributed by atoms with Gasteiger partial charge in [-0.1, -0.05) is 43.4 Å². The molecular weight excluding hydrogens is 460 g/mol. The first-order valence-electron chi connectivity index (χ1n) is 11.2. The van der Waals surface area contributed by atoms with E-state index in [0.29, 0.717) is 25.8 Å². The molecule has 0 unspecified atom stereocenters. The first-order chi connectivity index (χ1) is 16.1. The number of rotatable bonds is 18. The summed E-state index contributed by atoms with van der Waals surface area (Å²) < 4.78 is 26.4. The Balaban J connectivity index is 5.67. The number of carbonyl (C=O) groups is 3. The van der Waals surface area contributed by atoms with Crippen LogP contribution in [0.25, 0.3) is 0 Å². The second-order valence-corrected chi connectivity index (χ2v) is 9.69. The lowest BCUT2D eigenvalue weighted by atomic mass is 10.1. The van der Waals surface area contributed by atoms with Gasteiger partial charge >= 0.3 is 0 Å². The highest BCUT2D eigenvalue weighted by Crippen LogP contribution is 2.09. The van der Waals surface area contributed by atoms with Crippen LogP contribution in [-0.4, -0.2) is 81.5 Å². The van der Waals surface area contributed by atoms with E-state index >= 15 is 0 Å². The summed E-state index contributed by atoms with van der Waals surface area (Å²) in [5, 5.41) is 7.85. The summed E-state index contributed by atoms with van der Waals surface area (Å²) in [6.07, 6.45) is 10.5. The minimum atomic E-state index is -3.83. The number of hydrogen-bond acceptors (Lipinski definition) is 7. The van der Waals surface area contributed by atoms with Gasteiger partial charge < -0.3 is 27.4 Å². The van der Waals surface area contributed by atoms with Gasteiger partial charge in [0.05, 0.1) is 12.3 Å². The average molecular weight is 501 g/mol. The second-order valence-electron chi connectivity index (χ2n) is 7.60. The van der Waals surface area contributed by atoms with Gasteiger partial charge in [-0.3, -0.25) is 14.4 Å². The Labute approximate surface area is 203 Å². The summed E-state index contributed by atoms with van der Waals surface area (Å²) in [4.78, 5) is 36.6. The van der Waals surface area contributed by atoms with Crippen LogP contribution in [0.1, 0.15) is 32.6 Å². The number of amides is 3. The van der Waals surface area contributed by atoms with Crippen molar-refractivity contribution in [2.45, 2.75) is 44.7 Å². The zero-order valence-corrected chi connectivity index (χ0v) is 21.0. The molecule has 11 nitrogen and oxygen atoms in total. The van der Waals surface area contributed by atoms with Crippen LogP contribution < -0.4 is 27.4 Å². The Morgan fingerprint density at radius 3 is 2.32 bits per heavy atom. The van der Waals surface area contributed by atoms with E-state index in [1.54, 1.807) is 30.4 Å². The molecular formula is C22H40N6O5S. The first kappa shape index (κ1) is 31.5. The van der Waals surface area contributed by atoms with Gasteiger partial charge in [-0.25, -0.2) is 8.42 Å². The third-order valence-electron chi connectivity index (χ3n) is 4.71. The van der Waals surface area contributed by atoms with Crippen LogP contribution in [-0.2, 0) is 24.4 Å². The molecule has 0 saturated carbocycles. The maximum Gasteiger partial charge on any atom is 0.243 e. The Kier molecular flexibility index (Phi) is 16.5. The molecule has 12 heteroatoms. The molecule has 0 aromatic carbocycles. The van der Waals surface area contributed by atoms with Gasteiger partial charge in [-0.05, 0) is 25.8 Å². The molecule has 7 N–H and O–H groups in total. The van der Waals surface area contributed by atoms with Crippen molar-refractivity contribution in [2.75, 3.05) is 39.0 Å². The minimum absolute atomic E-state index is 0.103. The normalized spacial score (nSPS) is 13.7. The van der Waals surface area contributed by atoms with E-state index in [0.717, 1.165) is 4.31 Å². The number of allylic oxidation sites excluding steroid dienone is 4. The van der Waals surface area contributed by atoms with Crippen molar-refractivity contribution in [2.24, 2.45) is 11.5 Å². The molecule has 0 rings (SSSR count). The van der Waals surface area contributed by atoms with Crippen LogP contribution in [0.3, 0.4) is 0 Å². The summed E-state index contributed by atoms with van der Waals surface area (Å²) in [5.74, 6) is -1.64. The van der Waals surface area contributed by atoms with Gasteiger partial charge in [-0.2, -0.15) is 4.31 Å². The van der Waals surface area contributed by atoms with Crippen molar-refractivity contribution >= 4 is 27.7 Å². The van der Waals surface area contributed by atoms with Gasteiger partial charge in [0.2, 0.25) is 27.7 Å². The Bertz CT molecular complexity index is 813. The van der Waals surface area contributed by atoms with Crippen molar-refractivity contribution in [3.63, 3.8) is 0 Å². The Morgan fingerprint density at radius 1 is 1.06 bits per heavy atom. The molecule has 0 fully saturated rings. The zero-order valence-electron chi connectivity index (χ0n) is 20.2.